The molecule has 0 fully saturated rings. The summed E-state index contributed by atoms with van der Waals surface area (Å²) in [5.74, 6) is 0.812. The van der Waals surface area contributed by atoms with Crippen molar-refractivity contribution in [3.05, 3.63) is 47.3 Å². The number of nitriles is 1. The number of aryl methyl sites for hydroxylation is 1. The van der Waals surface area contributed by atoms with Crippen LogP contribution in [-0.2, 0) is 17.6 Å². The number of anilines is 1. The van der Waals surface area contributed by atoms with Gasteiger partial charge < -0.3 is 4.74 Å². The van der Waals surface area contributed by atoms with Crippen molar-refractivity contribution in [3.63, 3.8) is 0 Å². The molecule has 0 radical (unpaired) electrons. The Morgan fingerprint density at radius 2 is 2.31 bits per heavy atom. The van der Waals surface area contributed by atoms with Gasteiger partial charge >= 0.3 is 6.09 Å². The van der Waals surface area contributed by atoms with Crippen LogP contribution < -0.4 is 5.32 Å². The highest BCUT2D eigenvalue weighted by Gasteiger charge is 2.20. The number of ether oxygens (including phenoxy) is 1. The summed E-state index contributed by atoms with van der Waals surface area (Å²) in [5, 5.41) is 19.7. The molecule has 1 aromatic heterocycles. The number of nitrogens with zero attached hydrogens (tertiary/aromatic N) is 5. The predicted molar refractivity (Wildman–Crippen MR) is 109 cm³/mol. The van der Waals surface area contributed by atoms with Crippen LogP contribution in [0.3, 0.4) is 0 Å². The zero-order valence-electron chi connectivity index (χ0n) is 16.3. The van der Waals surface area contributed by atoms with E-state index in [0.717, 1.165) is 47.5 Å². The van der Waals surface area contributed by atoms with Crippen molar-refractivity contribution >= 4 is 23.2 Å². The van der Waals surface area contributed by atoms with Gasteiger partial charge in [0.25, 0.3) is 0 Å². The van der Waals surface area contributed by atoms with Gasteiger partial charge in [0.1, 0.15) is 11.9 Å². The summed E-state index contributed by atoms with van der Waals surface area (Å²) in [6.45, 7) is 2.58. The summed E-state index contributed by atoms with van der Waals surface area (Å²) < 4.78 is 7.04. The Bertz CT molecular complexity index is 1030. The van der Waals surface area contributed by atoms with Crippen molar-refractivity contribution in [2.75, 3.05) is 11.9 Å². The third-order valence-electron chi connectivity index (χ3n) is 5.21. The van der Waals surface area contributed by atoms with Crippen LogP contribution in [0.25, 0.3) is 5.57 Å². The van der Waals surface area contributed by atoms with Crippen LogP contribution in [0.5, 0.6) is 0 Å². The molecular weight excluding hydrogens is 368 g/mol. The van der Waals surface area contributed by atoms with Gasteiger partial charge in [-0.05, 0) is 48.1 Å². The minimum Gasteiger partial charge on any atom is -0.446 e. The van der Waals surface area contributed by atoms with Crippen LogP contribution in [0.15, 0.2) is 35.5 Å². The SMILES string of the molecule is CCC1CCc2cc(C3=CCC(n4cc(CC#N)nn4)=NC3)ccc2NC(=O)O1. The molecule has 0 saturated carbocycles. The number of benzene rings is 1. The highest BCUT2D eigenvalue weighted by molar-refractivity contribution is 5.90. The number of rotatable bonds is 3. The molecule has 1 unspecified atom stereocenters. The number of allylic oxidation sites excluding steroid dienone is 1. The topological polar surface area (TPSA) is 105 Å². The Morgan fingerprint density at radius 3 is 3.07 bits per heavy atom. The molecule has 1 atom stereocenters. The van der Waals surface area contributed by atoms with E-state index in [0.29, 0.717) is 18.7 Å². The number of dihydropyridines is 1. The summed E-state index contributed by atoms with van der Waals surface area (Å²) in [4.78, 5) is 16.6. The normalized spacial score (nSPS) is 18.9. The Morgan fingerprint density at radius 1 is 1.41 bits per heavy atom. The summed E-state index contributed by atoms with van der Waals surface area (Å²) in [7, 11) is 0. The van der Waals surface area contributed by atoms with E-state index >= 15 is 0 Å². The molecule has 0 saturated heterocycles. The lowest BCUT2D eigenvalue weighted by Crippen LogP contribution is -2.25. The Kier molecular flexibility index (Phi) is 5.38. The number of carbonyl (C=O) groups excluding carboxylic acids is 1. The molecular formula is C21H22N6O2. The van der Waals surface area contributed by atoms with E-state index in [1.807, 2.05) is 19.1 Å². The molecule has 0 aliphatic carbocycles. The minimum absolute atomic E-state index is 0.0542. The number of carbonyl (C=O) groups is 1. The minimum atomic E-state index is -0.389. The molecule has 1 aromatic carbocycles. The summed E-state index contributed by atoms with van der Waals surface area (Å²) in [6.07, 6.45) is 6.82. The van der Waals surface area contributed by atoms with Gasteiger partial charge in [-0.25, -0.2) is 9.48 Å². The number of aliphatic imine (C=N–C) groups is 1. The third-order valence-corrected chi connectivity index (χ3v) is 5.21. The molecule has 8 nitrogen and oxygen atoms in total. The molecule has 0 spiro atoms. The van der Waals surface area contributed by atoms with E-state index in [1.54, 1.807) is 10.9 Å². The highest BCUT2D eigenvalue weighted by atomic mass is 16.6. The number of nitrogens with one attached hydrogen (secondary N) is 1. The van der Waals surface area contributed by atoms with Crippen LogP contribution >= 0.6 is 0 Å². The number of aromatic nitrogens is 3. The molecule has 0 bridgehead atoms. The number of cyclic esters (lactones) is 1. The first kappa shape index (κ1) is 18.9. The fourth-order valence-corrected chi connectivity index (χ4v) is 3.56. The second-order valence-corrected chi connectivity index (χ2v) is 7.13. The maximum absolute atomic E-state index is 12.0. The molecule has 2 aliphatic rings. The van der Waals surface area contributed by atoms with Crippen molar-refractivity contribution < 1.29 is 9.53 Å². The van der Waals surface area contributed by atoms with Crippen LogP contribution in [-0.4, -0.2) is 39.6 Å². The predicted octanol–water partition coefficient (Wildman–Crippen LogP) is 3.35. The lowest BCUT2D eigenvalue weighted by molar-refractivity contribution is 0.102. The highest BCUT2D eigenvalue weighted by Crippen LogP contribution is 2.28. The molecule has 29 heavy (non-hydrogen) atoms. The second kappa shape index (κ2) is 8.27. The number of hydrogen-bond acceptors (Lipinski definition) is 6. The quantitative estimate of drug-likeness (QED) is 0.865. The van der Waals surface area contributed by atoms with Gasteiger partial charge in [-0.1, -0.05) is 24.3 Å². The smallest absolute Gasteiger partial charge is 0.411 e. The molecule has 2 aromatic rings. The van der Waals surface area contributed by atoms with E-state index in [-0.39, 0.29) is 18.6 Å². The van der Waals surface area contributed by atoms with Crippen molar-refractivity contribution in [1.29, 1.82) is 5.26 Å². The van der Waals surface area contributed by atoms with Crippen molar-refractivity contribution in [3.8, 4) is 6.07 Å². The zero-order chi connectivity index (χ0) is 20.2. The number of fused-ring (bicyclic) bond motifs is 1. The average molecular weight is 390 g/mol. The van der Waals surface area contributed by atoms with Crippen molar-refractivity contribution in [1.82, 2.24) is 15.0 Å². The third kappa shape index (κ3) is 4.19. The van der Waals surface area contributed by atoms with Crippen LogP contribution in [0.2, 0.25) is 0 Å². The maximum Gasteiger partial charge on any atom is 0.411 e. The van der Waals surface area contributed by atoms with Gasteiger partial charge in [0, 0.05) is 12.1 Å². The molecule has 1 N–H and O–H groups in total. The van der Waals surface area contributed by atoms with Gasteiger partial charge in [-0.15, -0.1) is 5.10 Å². The Balaban J connectivity index is 1.50. The van der Waals surface area contributed by atoms with Crippen molar-refractivity contribution in [2.45, 2.75) is 45.1 Å². The van der Waals surface area contributed by atoms with Gasteiger partial charge in [0.15, 0.2) is 0 Å². The van der Waals surface area contributed by atoms with E-state index in [9.17, 15) is 4.79 Å². The fraction of sp³-hybridized carbons (Fsp3) is 0.381. The summed E-state index contributed by atoms with van der Waals surface area (Å²) in [5.41, 5.74) is 4.82. The molecule has 148 valence electrons. The van der Waals surface area contributed by atoms with Gasteiger partial charge in [-0.3, -0.25) is 10.3 Å². The standard InChI is InChI=1S/C21H22N6O2/c1-2-18-6-3-15-11-14(4-7-19(15)24-21(28)29-18)16-5-8-20(23-12-16)27-13-17(9-10-22)25-26-27/h4-5,7,11,13,18H,2-3,6,8-9,12H2,1H3,(H,24,28). The van der Waals surface area contributed by atoms with E-state index in [2.05, 4.69) is 38.8 Å². The fourth-order valence-electron chi connectivity index (χ4n) is 3.56. The average Bonchev–Trinajstić information content (AvgIpc) is 3.19. The van der Waals surface area contributed by atoms with Crippen LogP contribution in [0.4, 0.5) is 10.5 Å². The van der Waals surface area contributed by atoms with Gasteiger partial charge in [-0.2, -0.15) is 5.26 Å². The monoisotopic (exact) mass is 390 g/mol. The zero-order valence-corrected chi connectivity index (χ0v) is 16.3. The number of hydrogen-bond donors (Lipinski definition) is 1. The summed E-state index contributed by atoms with van der Waals surface area (Å²) >= 11 is 0. The molecule has 2 aliphatic heterocycles. The Labute approximate surface area is 168 Å². The first-order valence-corrected chi connectivity index (χ1v) is 9.78. The molecule has 8 heteroatoms. The van der Waals surface area contributed by atoms with Crippen LogP contribution in [0, 0.1) is 11.3 Å². The molecule has 4 rings (SSSR count). The van der Waals surface area contributed by atoms with E-state index in [4.69, 9.17) is 10.00 Å². The summed E-state index contributed by atoms with van der Waals surface area (Å²) in [6, 6.07) is 8.15. The number of amides is 1. The Hall–Kier alpha value is -3.47. The van der Waals surface area contributed by atoms with Gasteiger partial charge in [0.05, 0.1) is 30.9 Å². The van der Waals surface area contributed by atoms with Crippen LogP contribution in [0.1, 0.15) is 43.0 Å². The molecule has 1 amide bonds. The lowest BCUT2D eigenvalue weighted by Gasteiger charge is -2.22. The molecule has 3 heterocycles. The maximum atomic E-state index is 12.0. The largest absolute Gasteiger partial charge is 0.446 e. The second-order valence-electron chi connectivity index (χ2n) is 7.13. The lowest BCUT2D eigenvalue weighted by atomic mass is 9.96. The van der Waals surface area contributed by atoms with Crippen molar-refractivity contribution in [2.24, 2.45) is 4.99 Å². The first-order valence-electron chi connectivity index (χ1n) is 9.78. The van der Waals surface area contributed by atoms with E-state index < -0.39 is 0 Å². The van der Waals surface area contributed by atoms with E-state index in [1.165, 1.54) is 0 Å². The van der Waals surface area contributed by atoms with Gasteiger partial charge in [0.2, 0.25) is 0 Å². The first-order chi connectivity index (χ1) is 14.2.